The summed E-state index contributed by atoms with van der Waals surface area (Å²) in [6, 6.07) is 8.78. The first kappa shape index (κ1) is 8.17. The van der Waals surface area contributed by atoms with E-state index in [0.717, 1.165) is 0 Å². The van der Waals surface area contributed by atoms with E-state index in [1.807, 2.05) is 6.07 Å². The zero-order chi connectivity index (χ0) is 8.27. The molecule has 0 N–H and O–H groups in total. The van der Waals surface area contributed by atoms with Gasteiger partial charge in [0.2, 0.25) is 0 Å². The molecule has 0 fully saturated rings. The Balaban J connectivity index is 2.95. The highest BCUT2D eigenvalue weighted by Gasteiger charge is 1.95. The maximum atomic E-state index is 10.4. The zero-order valence-electron chi connectivity index (χ0n) is 5.82. The van der Waals surface area contributed by atoms with E-state index in [4.69, 9.17) is 0 Å². The van der Waals surface area contributed by atoms with Crippen molar-refractivity contribution in [3.63, 3.8) is 0 Å². The summed E-state index contributed by atoms with van der Waals surface area (Å²) in [5.74, 6) is 0. The first-order chi connectivity index (χ1) is 5.22. The van der Waals surface area contributed by atoms with Gasteiger partial charge in [-0.2, -0.15) is 0 Å². The van der Waals surface area contributed by atoms with Gasteiger partial charge >= 0.3 is 0 Å². The predicted octanol–water partition coefficient (Wildman–Crippen LogP) is 1.54. The Hall–Kier alpha value is -0.930. The molecule has 0 heterocycles. The van der Waals surface area contributed by atoms with Crippen molar-refractivity contribution >= 4 is 16.0 Å². The van der Waals surface area contributed by atoms with Gasteiger partial charge in [-0.25, -0.2) is 0 Å². The van der Waals surface area contributed by atoms with Crippen molar-refractivity contribution in [2.75, 3.05) is 0 Å². The van der Waals surface area contributed by atoms with Crippen molar-refractivity contribution in [3.05, 3.63) is 42.5 Å². The van der Waals surface area contributed by atoms with Crippen LogP contribution in [-0.2, 0) is 11.1 Å². The van der Waals surface area contributed by atoms with Crippen LogP contribution in [-0.4, -0.2) is 8.76 Å². The molecule has 0 aromatic heterocycles. The van der Waals surface area contributed by atoms with Crippen LogP contribution in [0.15, 0.2) is 36.9 Å². The summed E-state index contributed by atoms with van der Waals surface area (Å²) < 4.78 is 20.8. The molecular formula is C8H7O2S-. The first-order valence-corrected chi connectivity index (χ1v) is 4.13. The van der Waals surface area contributed by atoms with Gasteiger partial charge in [0.05, 0.1) is 0 Å². The lowest BCUT2D eigenvalue weighted by Crippen LogP contribution is -1.89. The smallest absolute Gasteiger partial charge is 0.0249 e. The molecule has 0 bridgehead atoms. The Labute approximate surface area is 67.8 Å². The van der Waals surface area contributed by atoms with Crippen LogP contribution in [0.2, 0.25) is 0 Å². The molecule has 0 amide bonds. The van der Waals surface area contributed by atoms with Crippen molar-refractivity contribution < 1.29 is 8.76 Å². The Morgan fingerprint density at radius 2 is 1.91 bits per heavy atom. The minimum absolute atomic E-state index is 0.130. The van der Waals surface area contributed by atoms with Crippen LogP contribution < -0.4 is 0 Å². The van der Waals surface area contributed by atoms with Gasteiger partial charge in [-0.3, -0.25) is 4.21 Å². The van der Waals surface area contributed by atoms with Crippen LogP contribution in [0.3, 0.4) is 0 Å². The summed E-state index contributed by atoms with van der Waals surface area (Å²) in [5, 5.41) is 0. The molecule has 2 nitrogen and oxygen atoms in total. The molecule has 0 aliphatic heterocycles. The van der Waals surface area contributed by atoms with E-state index < -0.39 is 11.1 Å². The van der Waals surface area contributed by atoms with Gasteiger partial charge in [-0.15, -0.1) is 0 Å². The average Bonchev–Trinajstić information content (AvgIpc) is 2.05. The molecule has 11 heavy (non-hydrogen) atoms. The van der Waals surface area contributed by atoms with E-state index in [-0.39, 0.29) is 4.91 Å². The highest BCUT2D eigenvalue weighted by atomic mass is 32.2. The van der Waals surface area contributed by atoms with Gasteiger partial charge in [0, 0.05) is 4.91 Å². The molecule has 0 saturated carbocycles. The fraction of sp³-hybridized carbons (Fsp3) is 0. The molecule has 0 saturated heterocycles. The monoisotopic (exact) mass is 167 g/mol. The standard InChI is InChI=1S/C8H8O2S/c1-7(11(9)10)8-5-3-2-4-6-8/h2-6H,1H2,(H,9,10)/p-1. The van der Waals surface area contributed by atoms with Crippen LogP contribution >= 0.6 is 0 Å². The highest BCUT2D eigenvalue weighted by Crippen LogP contribution is 2.13. The zero-order valence-corrected chi connectivity index (χ0v) is 6.64. The second-order valence-electron chi connectivity index (χ2n) is 2.02. The molecule has 1 unspecified atom stereocenters. The average molecular weight is 167 g/mol. The van der Waals surface area contributed by atoms with E-state index >= 15 is 0 Å². The van der Waals surface area contributed by atoms with Crippen LogP contribution in [0.1, 0.15) is 5.56 Å². The molecule has 0 aliphatic rings. The SMILES string of the molecule is C=C(c1ccccc1)S(=O)[O-]. The minimum atomic E-state index is -2.21. The highest BCUT2D eigenvalue weighted by molar-refractivity contribution is 7.89. The molecule has 58 valence electrons. The van der Waals surface area contributed by atoms with Crippen LogP contribution in [0.5, 0.6) is 0 Å². The third kappa shape index (κ3) is 2.00. The van der Waals surface area contributed by atoms with E-state index in [2.05, 4.69) is 6.58 Å². The van der Waals surface area contributed by atoms with Crippen LogP contribution in [0.25, 0.3) is 4.91 Å². The van der Waals surface area contributed by atoms with Gasteiger partial charge < -0.3 is 4.55 Å². The molecule has 0 spiro atoms. The van der Waals surface area contributed by atoms with Crippen LogP contribution in [0, 0.1) is 0 Å². The fourth-order valence-electron chi connectivity index (χ4n) is 0.720. The largest absolute Gasteiger partial charge is 0.768 e. The maximum Gasteiger partial charge on any atom is 0.0249 e. The molecule has 1 aromatic rings. The molecule has 1 aromatic carbocycles. The Morgan fingerprint density at radius 3 is 2.36 bits per heavy atom. The summed E-state index contributed by atoms with van der Waals surface area (Å²) in [6.07, 6.45) is 0. The molecule has 0 radical (unpaired) electrons. The maximum absolute atomic E-state index is 10.4. The van der Waals surface area contributed by atoms with Gasteiger partial charge in [-0.05, 0) is 16.6 Å². The van der Waals surface area contributed by atoms with Gasteiger partial charge in [0.15, 0.2) is 0 Å². The molecular weight excluding hydrogens is 160 g/mol. The molecule has 1 atom stereocenters. The van der Waals surface area contributed by atoms with Crippen molar-refractivity contribution in [2.24, 2.45) is 0 Å². The first-order valence-electron chi connectivity index (χ1n) is 3.05. The van der Waals surface area contributed by atoms with Crippen molar-refractivity contribution in [2.45, 2.75) is 0 Å². The second kappa shape index (κ2) is 3.46. The number of benzene rings is 1. The van der Waals surface area contributed by atoms with E-state index in [9.17, 15) is 8.76 Å². The Morgan fingerprint density at radius 1 is 1.36 bits per heavy atom. The lowest BCUT2D eigenvalue weighted by atomic mass is 10.2. The van der Waals surface area contributed by atoms with Crippen molar-refractivity contribution in [3.8, 4) is 0 Å². The molecule has 1 rings (SSSR count). The topological polar surface area (TPSA) is 40.1 Å². The third-order valence-electron chi connectivity index (χ3n) is 1.30. The summed E-state index contributed by atoms with van der Waals surface area (Å²) >= 11 is -2.21. The summed E-state index contributed by atoms with van der Waals surface area (Å²) in [7, 11) is 0. The normalized spacial score (nSPS) is 12.5. The van der Waals surface area contributed by atoms with E-state index in [0.29, 0.717) is 5.56 Å². The van der Waals surface area contributed by atoms with Gasteiger partial charge in [0.1, 0.15) is 0 Å². The minimum Gasteiger partial charge on any atom is -0.768 e. The van der Waals surface area contributed by atoms with Crippen molar-refractivity contribution in [1.29, 1.82) is 0 Å². The van der Waals surface area contributed by atoms with E-state index in [1.165, 1.54) is 0 Å². The lowest BCUT2D eigenvalue weighted by Gasteiger charge is -2.07. The summed E-state index contributed by atoms with van der Waals surface area (Å²) in [5.41, 5.74) is 0.640. The molecule has 3 heteroatoms. The van der Waals surface area contributed by atoms with Crippen LogP contribution in [0.4, 0.5) is 0 Å². The fourth-order valence-corrected chi connectivity index (χ4v) is 1.05. The Kier molecular flexibility index (Phi) is 2.57. The quantitative estimate of drug-likeness (QED) is 0.627. The third-order valence-corrected chi connectivity index (χ3v) is 1.94. The van der Waals surface area contributed by atoms with Gasteiger partial charge in [0.25, 0.3) is 0 Å². The summed E-state index contributed by atoms with van der Waals surface area (Å²) in [4.78, 5) is 0.130. The van der Waals surface area contributed by atoms with E-state index in [1.54, 1.807) is 24.3 Å². The van der Waals surface area contributed by atoms with Gasteiger partial charge in [-0.1, -0.05) is 36.9 Å². The summed E-state index contributed by atoms with van der Waals surface area (Å²) in [6.45, 7) is 3.41. The number of rotatable bonds is 2. The number of hydrogen-bond acceptors (Lipinski definition) is 2. The second-order valence-corrected chi connectivity index (χ2v) is 2.99. The predicted molar refractivity (Wildman–Crippen MR) is 44.4 cm³/mol. The Bertz CT molecular complexity index is 279. The lowest BCUT2D eigenvalue weighted by molar-refractivity contribution is 0.548. The van der Waals surface area contributed by atoms with Crippen molar-refractivity contribution in [1.82, 2.24) is 0 Å². The molecule has 0 aliphatic carbocycles. The number of hydrogen-bond donors (Lipinski definition) is 0.